The van der Waals surface area contributed by atoms with Crippen LogP contribution >= 0.6 is 0 Å². The SMILES string of the molecule is CCC(C)(C)C(=O)OCC(COC(=O)C(C)(C)CC)(COC(=O)C(C)(C)CC)COC(=O)C(C)(C)CC. The molecule has 0 radical (unpaired) electrons. The van der Waals surface area contributed by atoms with E-state index in [1.54, 1.807) is 55.4 Å². The van der Waals surface area contributed by atoms with Crippen molar-refractivity contribution in [2.75, 3.05) is 26.4 Å². The normalized spacial score (nSPS) is 13.1. The molecule has 0 N–H and O–H groups in total. The molecule has 0 saturated carbocycles. The fourth-order valence-electron chi connectivity index (χ4n) is 2.48. The Hall–Kier alpha value is -2.12. The Balaban J connectivity index is 6.25. The van der Waals surface area contributed by atoms with E-state index >= 15 is 0 Å². The lowest BCUT2D eigenvalue weighted by atomic mass is 9.87. The van der Waals surface area contributed by atoms with E-state index in [9.17, 15) is 19.2 Å². The van der Waals surface area contributed by atoms with E-state index in [4.69, 9.17) is 18.9 Å². The van der Waals surface area contributed by atoms with Gasteiger partial charge in [-0.25, -0.2) is 0 Å². The molecule has 0 bridgehead atoms. The number of hydrogen-bond acceptors (Lipinski definition) is 8. The molecule has 0 aliphatic carbocycles. The summed E-state index contributed by atoms with van der Waals surface area (Å²) in [6.45, 7) is 20.7. The van der Waals surface area contributed by atoms with Crippen LogP contribution in [0.2, 0.25) is 0 Å². The fourth-order valence-corrected chi connectivity index (χ4v) is 2.48. The Labute approximate surface area is 224 Å². The summed E-state index contributed by atoms with van der Waals surface area (Å²) in [4.78, 5) is 51.3. The number of esters is 4. The number of rotatable bonds is 16. The van der Waals surface area contributed by atoms with E-state index < -0.39 is 51.0 Å². The van der Waals surface area contributed by atoms with Crippen molar-refractivity contribution in [2.24, 2.45) is 27.1 Å². The lowest BCUT2D eigenvalue weighted by Gasteiger charge is -2.35. The number of ether oxygens (including phenoxy) is 4. The van der Waals surface area contributed by atoms with Gasteiger partial charge in [0.1, 0.15) is 31.8 Å². The second kappa shape index (κ2) is 13.6. The zero-order valence-corrected chi connectivity index (χ0v) is 25.4. The van der Waals surface area contributed by atoms with Crippen LogP contribution in [0.1, 0.15) is 109 Å². The first-order valence-electron chi connectivity index (χ1n) is 13.4. The lowest BCUT2D eigenvalue weighted by molar-refractivity contribution is -0.182. The lowest BCUT2D eigenvalue weighted by Crippen LogP contribution is -2.47. The maximum absolute atomic E-state index is 12.8. The van der Waals surface area contributed by atoms with Gasteiger partial charge in [0.2, 0.25) is 0 Å². The van der Waals surface area contributed by atoms with Crippen molar-refractivity contribution in [2.45, 2.75) is 109 Å². The van der Waals surface area contributed by atoms with E-state index in [1.807, 2.05) is 27.7 Å². The van der Waals surface area contributed by atoms with Crippen molar-refractivity contribution in [3.63, 3.8) is 0 Å². The van der Waals surface area contributed by atoms with Gasteiger partial charge in [-0.2, -0.15) is 0 Å². The molecule has 0 unspecified atom stereocenters. The number of hydrogen-bond donors (Lipinski definition) is 0. The highest BCUT2D eigenvalue weighted by atomic mass is 16.6. The molecule has 0 heterocycles. The molecule has 0 aromatic carbocycles. The van der Waals surface area contributed by atoms with Gasteiger partial charge in [0.25, 0.3) is 0 Å². The van der Waals surface area contributed by atoms with Gasteiger partial charge >= 0.3 is 23.9 Å². The minimum absolute atomic E-state index is 0.255. The van der Waals surface area contributed by atoms with Crippen molar-refractivity contribution in [1.82, 2.24) is 0 Å². The van der Waals surface area contributed by atoms with E-state index in [0.29, 0.717) is 25.7 Å². The average molecular weight is 529 g/mol. The minimum atomic E-state index is -1.28. The Bertz CT molecular complexity index is 658. The van der Waals surface area contributed by atoms with Gasteiger partial charge in [0.15, 0.2) is 0 Å². The van der Waals surface area contributed by atoms with Crippen LogP contribution in [0.25, 0.3) is 0 Å². The van der Waals surface area contributed by atoms with Gasteiger partial charge in [0.05, 0.1) is 21.7 Å². The zero-order chi connectivity index (χ0) is 29.3. The van der Waals surface area contributed by atoms with E-state index in [0.717, 1.165) is 0 Å². The molecule has 8 nitrogen and oxygen atoms in total. The molecule has 0 atom stereocenters. The molecular formula is C29H52O8. The predicted octanol–water partition coefficient (Wildman–Crippen LogP) is 5.89. The third kappa shape index (κ3) is 10.3. The molecule has 0 aromatic rings. The molecule has 0 rings (SSSR count). The fraction of sp³-hybridized carbons (Fsp3) is 0.862. The monoisotopic (exact) mass is 528 g/mol. The highest BCUT2D eigenvalue weighted by Crippen LogP contribution is 2.31. The first-order valence-corrected chi connectivity index (χ1v) is 13.4. The number of carbonyl (C=O) groups is 4. The van der Waals surface area contributed by atoms with Crippen LogP contribution in [0.3, 0.4) is 0 Å². The standard InChI is InChI=1S/C29H52O8/c1-13-25(5,6)21(30)34-17-29(18-35-22(31)26(7,8)14-2,19-36-23(32)27(9,10)15-3)20-37-24(33)28(11,12)16-4/h13-20H2,1-12H3. The van der Waals surface area contributed by atoms with Crippen LogP contribution < -0.4 is 0 Å². The third-order valence-electron chi connectivity index (χ3n) is 7.78. The van der Waals surface area contributed by atoms with Gasteiger partial charge in [-0.05, 0) is 81.1 Å². The zero-order valence-electron chi connectivity index (χ0n) is 25.4. The van der Waals surface area contributed by atoms with Crippen LogP contribution in [0.15, 0.2) is 0 Å². The Morgan fingerprint density at radius 1 is 0.405 bits per heavy atom. The second-order valence-electron chi connectivity index (χ2n) is 12.8. The Morgan fingerprint density at radius 2 is 0.568 bits per heavy atom. The van der Waals surface area contributed by atoms with Gasteiger partial charge in [-0.15, -0.1) is 0 Å². The van der Waals surface area contributed by atoms with E-state index in [-0.39, 0.29) is 26.4 Å². The largest absolute Gasteiger partial charge is 0.464 e. The van der Waals surface area contributed by atoms with Crippen LogP contribution in [0.4, 0.5) is 0 Å². The van der Waals surface area contributed by atoms with Crippen LogP contribution in [0, 0.1) is 27.1 Å². The molecule has 216 valence electrons. The molecule has 0 spiro atoms. The summed E-state index contributed by atoms with van der Waals surface area (Å²) >= 11 is 0. The maximum Gasteiger partial charge on any atom is 0.311 e. The summed E-state index contributed by atoms with van der Waals surface area (Å²) in [6.07, 6.45) is 2.21. The summed E-state index contributed by atoms with van der Waals surface area (Å²) in [7, 11) is 0. The molecule has 8 heteroatoms. The molecule has 0 aromatic heterocycles. The maximum atomic E-state index is 12.8. The molecule has 0 fully saturated rings. The van der Waals surface area contributed by atoms with E-state index in [2.05, 4.69) is 0 Å². The average Bonchev–Trinajstić information content (AvgIpc) is 2.86. The van der Waals surface area contributed by atoms with Crippen molar-refractivity contribution in [3.05, 3.63) is 0 Å². The van der Waals surface area contributed by atoms with Crippen molar-refractivity contribution in [3.8, 4) is 0 Å². The summed E-state index contributed by atoms with van der Waals surface area (Å²) in [5.41, 5.74) is -4.25. The molecule has 0 aliphatic rings. The van der Waals surface area contributed by atoms with Gasteiger partial charge in [0, 0.05) is 0 Å². The van der Waals surface area contributed by atoms with Crippen LogP contribution in [-0.4, -0.2) is 50.3 Å². The van der Waals surface area contributed by atoms with Crippen LogP contribution in [0.5, 0.6) is 0 Å². The first-order chi connectivity index (χ1) is 16.8. The molecule has 37 heavy (non-hydrogen) atoms. The molecule has 0 saturated heterocycles. The third-order valence-corrected chi connectivity index (χ3v) is 7.78. The smallest absolute Gasteiger partial charge is 0.311 e. The van der Waals surface area contributed by atoms with Gasteiger partial charge < -0.3 is 18.9 Å². The quantitative estimate of drug-likeness (QED) is 0.180. The highest BCUT2D eigenvalue weighted by molar-refractivity contribution is 5.77. The highest BCUT2D eigenvalue weighted by Gasteiger charge is 2.42. The van der Waals surface area contributed by atoms with Crippen LogP contribution in [-0.2, 0) is 38.1 Å². The Morgan fingerprint density at radius 3 is 0.703 bits per heavy atom. The van der Waals surface area contributed by atoms with Crippen molar-refractivity contribution in [1.29, 1.82) is 0 Å². The summed E-state index contributed by atoms with van der Waals surface area (Å²) in [5.74, 6) is -1.78. The predicted molar refractivity (Wildman–Crippen MR) is 143 cm³/mol. The van der Waals surface area contributed by atoms with Gasteiger partial charge in [-0.1, -0.05) is 27.7 Å². The van der Waals surface area contributed by atoms with Crippen molar-refractivity contribution >= 4 is 23.9 Å². The Kier molecular flexibility index (Phi) is 12.8. The number of carbonyl (C=O) groups excluding carboxylic acids is 4. The summed E-state index contributed by atoms with van der Waals surface area (Å²) in [6, 6.07) is 0. The molecule has 0 amide bonds. The van der Waals surface area contributed by atoms with Crippen molar-refractivity contribution < 1.29 is 38.1 Å². The van der Waals surface area contributed by atoms with E-state index in [1.165, 1.54) is 0 Å². The summed E-state index contributed by atoms with van der Waals surface area (Å²) in [5, 5.41) is 0. The molecule has 0 aliphatic heterocycles. The topological polar surface area (TPSA) is 105 Å². The first kappa shape index (κ1) is 34.9. The van der Waals surface area contributed by atoms with Gasteiger partial charge in [-0.3, -0.25) is 19.2 Å². The minimum Gasteiger partial charge on any atom is -0.464 e. The molecular weight excluding hydrogens is 476 g/mol. The summed E-state index contributed by atoms with van der Waals surface area (Å²) < 4.78 is 22.7. The second-order valence-corrected chi connectivity index (χ2v) is 12.8.